The number of hydrogen-bond donors (Lipinski definition) is 0. The highest BCUT2D eigenvalue weighted by Crippen LogP contribution is 2.45. The molecule has 1 aromatic heterocycles. The predicted octanol–water partition coefficient (Wildman–Crippen LogP) is 13.3. The topological polar surface area (TPSA) is 16.4 Å². The summed E-state index contributed by atoms with van der Waals surface area (Å²) in [4.78, 5) is 2.39. The quantitative estimate of drug-likeness (QED) is 0.184. The first-order chi connectivity index (χ1) is 23.8. The van der Waals surface area contributed by atoms with E-state index in [1.165, 1.54) is 43.4 Å². The van der Waals surface area contributed by atoms with Gasteiger partial charge in [-0.15, -0.1) is 0 Å². The van der Waals surface area contributed by atoms with Gasteiger partial charge < -0.3 is 9.32 Å². The molecule has 48 heavy (non-hydrogen) atoms. The third kappa shape index (κ3) is 4.13. The molecule has 0 radical (unpaired) electrons. The van der Waals surface area contributed by atoms with Crippen molar-refractivity contribution in [1.29, 1.82) is 0 Å². The van der Waals surface area contributed by atoms with Crippen LogP contribution >= 0.6 is 0 Å². The molecule has 0 bridgehead atoms. The Labute approximate surface area is 277 Å². The van der Waals surface area contributed by atoms with E-state index in [0.29, 0.717) is 0 Å². The molecule has 9 aromatic carbocycles. The number of rotatable bonds is 4. The van der Waals surface area contributed by atoms with Gasteiger partial charge in [-0.3, -0.25) is 0 Å². The van der Waals surface area contributed by atoms with E-state index in [-0.39, 0.29) is 0 Å². The molecule has 0 saturated heterocycles. The number of hydrogen-bond acceptors (Lipinski definition) is 2. The Kier molecular flexibility index (Phi) is 5.91. The van der Waals surface area contributed by atoms with Crippen molar-refractivity contribution in [2.75, 3.05) is 4.90 Å². The first-order valence-corrected chi connectivity index (χ1v) is 16.4. The largest absolute Gasteiger partial charge is 0.455 e. The van der Waals surface area contributed by atoms with Gasteiger partial charge in [0.25, 0.3) is 0 Å². The van der Waals surface area contributed by atoms with E-state index in [4.69, 9.17) is 4.42 Å². The summed E-state index contributed by atoms with van der Waals surface area (Å²) in [5.41, 5.74) is 7.49. The summed E-state index contributed by atoms with van der Waals surface area (Å²) in [5, 5.41) is 12.0. The number of fused-ring (bicyclic) bond motifs is 9. The van der Waals surface area contributed by atoms with Gasteiger partial charge in [0.1, 0.15) is 11.2 Å². The zero-order chi connectivity index (χ0) is 31.6. The fourth-order valence-electron chi connectivity index (χ4n) is 7.55. The Hall–Kier alpha value is -6.38. The van der Waals surface area contributed by atoms with Gasteiger partial charge in [-0.1, -0.05) is 133 Å². The molecule has 0 N–H and O–H groups in total. The lowest BCUT2D eigenvalue weighted by molar-refractivity contribution is 0.672. The minimum Gasteiger partial charge on any atom is -0.455 e. The lowest BCUT2D eigenvalue weighted by atomic mass is 9.97. The van der Waals surface area contributed by atoms with Gasteiger partial charge in [-0.25, -0.2) is 0 Å². The molecule has 2 nitrogen and oxygen atoms in total. The molecule has 0 unspecified atom stereocenters. The van der Waals surface area contributed by atoms with Crippen molar-refractivity contribution in [3.8, 4) is 11.1 Å². The third-order valence-corrected chi connectivity index (χ3v) is 9.82. The Balaban J connectivity index is 1.22. The second-order valence-corrected chi connectivity index (χ2v) is 12.5. The van der Waals surface area contributed by atoms with Gasteiger partial charge >= 0.3 is 0 Å². The summed E-state index contributed by atoms with van der Waals surface area (Å²) in [6.45, 7) is 0. The summed E-state index contributed by atoms with van der Waals surface area (Å²) in [6, 6.07) is 63.3. The van der Waals surface area contributed by atoms with Gasteiger partial charge in [0, 0.05) is 27.5 Å². The maximum atomic E-state index is 6.64. The second-order valence-electron chi connectivity index (χ2n) is 12.5. The molecule has 224 valence electrons. The maximum absolute atomic E-state index is 6.64. The average molecular weight is 612 g/mol. The first-order valence-electron chi connectivity index (χ1n) is 16.4. The molecule has 0 aliphatic rings. The monoisotopic (exact) mass is 611 g/mol. The number of para-hydroxylation sites is 1. The normalized spacial score (nSPS) is 11.8. The molecule has 0 aliphatic heterocycles. The molecule has 10 aromatic rings. The first kappa shape index (κ1) is 26.8. The standard InChI is InChI=1S/C46H29NO/c1-3-13-37-30(9-1)11-7-16-39(37)32-21-24-35(25-22-32)47(36-26-28-40-34(29-36)20-19-31-10-2-4-14-38(31)40)43-17-8-12-33-23-27-42-41-15-5-6-18-44(41)48-46(42)45(33)43/h1-29H. The summed E-state index contributed by atoms with van der Waals surface area (Å²) >= 11 is 0. The molecule has 1 heterocycles. The highest BCUT2D eigenvalue weighted by atomic mass is 16.3. The maximum Gasteiger partial charge on any atom is 0.145 e. The van der Waals surface area contributed by atoms with E-state index in [2.05, 4.69) is 175 Å². The van der Waals surface area contributed by atoms with E-state index in [0.717, 1.165) is 49.8 Å². The molecular formula is C46H29NO. The van der Waals surface area contributed by atoms with Crippen LogP contribution in [0.15, 0.2) is 180 Å². The van der Waals surface area contributed by atoms with Crippen LogP contribution in [-0.4, -0.2) is 0 Å². The van der Waals surface area contributed by atoms with Crippen LogP contribution in [0.3, 0.4) is 0 Å². The van der Waals surface area contributed by atoms with Crippen LogP contribution in [0.5, 0.6) is 0 Å². The van der Waals surface area contributed by atoms with Crippen molar-refractivity contribution in [3.63, 3.8) is 0 Å². The minimum absolute atomic E-state index is 0.901. The van der Waals surface area contributed by atoms with Gasteiger partial charge in [0.05, 0.1) is 5.69 Å². The van der Waals surface area contributed by atoms with Crippen molar-refractivity contribution >= 4 is 82.1 Å². The number of furan rings is 1. The molecule has 0 fully saturated rings. The summed E-state index contributed by atoms with van der Waals surface area (Å²) < 4.78 is 6.64. The van der Waals surface area contributed by atoms with Crippen LogP contribution < -0.4 is 4.90 Å². The van der Waals surface area contributed by atoms with Crippen LogP contribution in [0.1, 0.15) is 0 Å². The molecule has 0 atom stereocenters. The molecule has 0 saturated carbocycles. The van der Waals surface area contributed by atoms with Crippen LogP contribution in [-0.2, 0) is 0 Å². The number of benzene rings is 9. The number of nitrogens with zero attached hydrogens (tertiary/aromatic N) is 1. The smallest absolute Gasteiger partial charge is 0.145 e. The molecule has 10 rings (SSSR count). The van der Waals surface area contributed by atoms with Crippen LogP contribution in [0.25, 0.3) is 76.2 Å². The molecule has 2 heteroatoms. The Morgan fingerprint density at radius 3 is 1.85 bits per heavy atom. The summed E-state index contributed by atoms with van der Waals surface area (Å²) in [7, 11) is 0. The van der Waals surface area contributed by atoms with Crippen molar-refractivity contribution in [2.45, 2.75) is 0 Å². The predicted molar refractivity (Wildman–Crippen MR) is 204 cm³/mol. The Morgan fingerprint density at radius 1 is 0.375 bits per heavy atom. The van der Waals surface area contributed by atoms with E-state index in [1.807, 2.05) is 6.07 Å². The molecule has 0 spiro atoms. The summed E-state index contributed by atoms with van der Waals surface area (Å²) in [6.07, 6.45) is 0. The molecule has 0 amide bonds. The lowest BCUT2D eigenvalue weighted by Gasteiger charge is -2.27. The van der Waals surface area contributed by atoms with Gasteiger partial charge in [-0.05, 0) is 91.3 Å². The molecule has 0 aliphatic carbocycles. The van der Waals surface area contributed by atoms with Crippen LogP contribution in [0.4, 0.5) is 17.1 Å². The van der Waals surface area contributed by atoms with Crippen molar-refractivity contribution in [2.24, 2.45) is 0 Å². The zero-order valence-corrected chi connectivity index (χ0v) is 26.1. The minimum atomic E-state index is 0.901. The van der Waals surface area contributed by atoms with Crippen LogP contribution in [0.2, 0.25) is 0 Å². The van der Waals surface area contributed by atoms with Gasteiger partial charge in [-0.2, -0.15) is 0 Å². The highest BCUT2D eigenvalue weighted by molar-refractivity contribution is 6.19. The summed E-state index contributed by atoms with van der Waals surface area (Å²) in [5.74, 6) is 0. The van der Waals surface area contributed by atoms with E-state index in [9.17, 15) is 0 Å². The van der Waals surface area contributed by atoms with E-state index in [1.54, 1.807) is 0 Å². The number of anilines is 3. The third-order valence-electron chi connectivity index (χ3n) is 9.82. The van der Waals surface area contributed by atoms with Crippen LogP contribution in [0, 0.1) is 0 Å². The van der Waals surface area contributed by atoms with Gasteiger partial charge in [0.15, 0.2) is 0 Å². The lowest BCUT2D eigenvalue weighted by Crippen LogP contribution is -2.10. The Bertz CT molecular complexity index is 2840. The van der Waals surface area contributed by atoms with Gasteiger partial charge in [0.2, 0.25) is 0 Å². The van der Waals surface area contributed by atoms with E-state index >= 15 is 0 Å². The fraction of sp³-hybridized carbons (Fsp3) is 0. The Morgan fingerprint density at radius 2 is 0.979 bits per heavy atom. The SMILES string of the molecule is c1ccc2c(-c3ccc(N(c4ccc5c(ccc6ccccc65)c4)c4cccc5ccc6c7ccccc7oc6c45)cc3)cccc2c1. The fourth-order valence-corrected chi connectivity index (χ4v) is 7.55. The van der Waals surface area contributed by atoms with Crippen molar-refractivity contribution < 1.29 is 4.42 Å². The molecular weight excluding hydrogens is 583 g/mol. The van der Waals surface area contributed by atoms with Crippen molar-refractivity contribution in [1.82, 2.24) is 0 Å². The average Bonchev–Trinajstić information content (AvgIpc) is 3.54. The highest BCUT2D eigenvalue weighted by Gasteiger charge is 2.20. The van der Waals surface area contributed by atoms with E-state index < -0.39 is 0 Å². The second kappa shape index (κ2) is 10.6. The zero-order valence-electron chi connectivity index (χ0n) is 26.1. The van der Waals surface area contributed by atoms with Crippen molar-refractivity contribution in [3.05, 3.63) is 176 Å².